The van der Waals surface area contributed by atoms with Crippen LogP contribution < -0.4 is 5.32 Å². The monoisotopic (exact) mass is 290 g/mol. The second-order valence-electron chi connectivity index (χ2n) is 4.79. The van der Waals surface area contributed by atoms with Gasteiger partial charge in [0.15, 0.2) is 0 Å². The Morgan fingerprint density at radius 3 is 2.60 bits per heavy atom. The van der Waals surface area contributed by atoms with Gasteiger partial charge in [-0.2, -0.15) is 13.2 Å². The number of likely N-dealkylation sites (N-methyl/N-ethyl adjacent to an activating group) is 1. The molecule has 1 amide bonds. The minimum Gasteiger partial charge on any atom is -0.344 e. The molecule has 2 rings (SSSR count). The van der Waals surface area contributed by atoms with Crippen LogP contribution in [0.2, 0.25) is 0 Å². The summed E-state index contributed by atoms with van der Waals surface area (Å²) in [5.41, 5.74) is -0.907. The number of carbonyl (C=O) groups excluding carboxylic acids is 1. The number of halogens is 4. The van der Waals surface area contributed by atoms with Crippen LogP contribution in [0.4, 0.5) is 17.6 Å². The van der Waals surface area contributed by atoms with Gasteiger partial charge in [-0.1, -0.05) is 6.07 Å². The van der Waals surface area contributed by atoms with Crippen molar-refractivity contribution in [1.82, 2.24) is 10.2 Å². The molecule has 0 radical (unpaired) electrons. The Bertz CT molecular complexity index is 516. The van der Waals surface area contributed by atoms with Gasteiger partial charge in [0.1, 0.15) is 5.82 Å². The lowest BCUT2D eigenvalue weighted by atomic mass is 10.1. The van der Waals surface area contributed by atoms with Crippen LogP contribution in [0, 0.1) is 5.82 Å². The summed E-state index contributed by atoms with van der Waals surface area (Å²) in [6.45, 7) is 0.639. The molecule has 1 aliphatic rings. The molecule has 0 saturated carbocycles. The molecular formula is C13H14F4N2O. The lowest BCUT2D eigenvalue weighted by Gasteiger charge is -2.13. The highest BCUT2D eigenvalue weighted by Crippen LogP contribution is 2.30. The lowest BCUT2D eigenvalue weighted by Crippen LogP contribution is -2.36. The summed E-state index contributed by atoms with van der Waals surface area (Å²) in [5.74, 6) is -1.01. The number of nitrogens with one attached hydrogen (secondary N) is 1. The Kier molecular flexibility index (Phi) is 3.99. The highest BCUT2D eigenvalue weighted by Gasteiger charge is 2.31. The van der Waals surface area contributed by atoms with Gasteiger partial charge in [0.05, 0.1) is 11.6 Å². The van der Waals surface area contributed by atoms with E-state index in [1.54, 1.807) is 11.9 Å². The molecule has 20 heavy (non-hydrogen) atoms. The van der Waals surface area contributed by atoms with E-state index in [-0.39, 0.29) is 18.0 Å². The molecule has 1 saturated heterocycles. The summed E-state index contributed by atoms with van der Waals surface area (Å²) in [7, 11) is 1.67. The quantitative estimate of drug-likeness (QED) is 0.865. The van der Waals surface area contributed by atoms with Crippen molar-refractivity contribution in [1.29, 1.82) is 0 Å². The van der Waals surface area contributed by atoms with Gasteiger partial charge >= 0.3 is 6.18 Å². The van der Waals surface area contributed by atoms with Crippen molar-refractivity contribution in [2.75, 3.05) is 13.6 Å². The second-order valence-corrected chi connectivity index (χ2v) is 4.79. The number of carbonyl (C=O) groups is 1. The summed E-state index contributed by atoms with van der Waals surface area (Å²) in [6, 6.07) is 2.00. The number of alkyl halides is 3. The van der Waals surface area contributed by atoms with Crippen molar-refractivity contribution in [3.63, 3.8) is 0 Å². The van der Waals surface area contributed by atoms with E-state index in [1.807, 2.05) is 0 Å². The van der Waals surface area contributed by atoms with Gasteiger partial charge in [0.2, 0.25) is 5.91 Å². The summed E-state index contributed by atoms with van der Waals surface area (Å²) < 4.78 is 50.8. The van der Waals surface area contributed by atoms with E-state index in [2.05, 4.69) is 5.32 Å². The van der Waals surface area contributed by atoms with E-state index in [9.17, 15) is 22.4 Å². The maximum Gasteiger partial charge on any atom is 0.416 e. The van der Waals surface area contributed by atoms with Crippen LogP contribution in [-0.4, -0.2) is 30.4 Å². The molecule has 7 heteroatoms. The standard InChI is InChI=1S/C13H14F4N2O/c1-19-5-4-11(12(19)20)18-7-8-2-3-9(6-10(8)14)13(15,16)17/h2-3,6,11,18H,4-5,7H2,1H3. The first-order chi connectivity index (χ1) is 9.29. The van der Waals surface area contributed by atoms with Crippen LogP contribution in [0.5, 0.6) is 0 Å². The Morgan fingerprint density at radius 1 is 1.40 bits per heavy atom. The van der Waals surface area contributed by atoms with Gasteiger partial charge < -0.3 is 10.2 Å². The fourth-order valence-corrected chi connectivity index (χ4v) is 2.11. The number of likely N-dealkylation sites (tertiary alicyclic amines) is 1. The maximum atomic E-state index is 13.6. The number of nitrogens with zero attached hydrogens (tertiary/aromatic N) is 1. The third-order valence-electron chi connectivity index (χ3n) is 3.35. The van der Waals surface area contributed by atoms with Crippen molar-refractivity contribution in [2.45, 2.75) is 25.2 Å². The van der Waals surface area contributed by atoms with E-state index in [4.69, 9.17) is 0 Å². The van der Waals surface area contributed by atoms with Crippen LogP contribution in [0.1, 0.15) is 17.5 Å². The van der Waals surface area contributed by atoms with Gasteiger partial charge in [-0.15, -0.1) is 0 Å². The summed E-state index contributed by atoms with van der Waals surface area (Å²) in [5, 5.41) is 2.86. The first-order valence-electron chi connectivity index (χ1n) is 6.13. The van der Waals surface area contributed by atoms with Crippen molar-refractivity contribution < 1.29 is 22.4 Å². The highest BCUT2D eigenvalue weighted by molar-refractivity contribution is 5.83. The molecule has 1 unspecified atom stereocenters. The summed E-state index contributed by atoms with van der Waals surface area (Å²) >= 11 is 0. The smallest absolute Gasteiger partial charge is 0.344 e. The van der Waals surface area contributed by atoms with E-state index in [1.165, 1.54) is 0 Å². The van der Waals surface area contributed by atoms with Gasteiger partial charge in [-0.05, 0) is 18.6 Å². The van der Waals surface area contributed by atoms with Crippen molar-refractivity contribution in [2.24, 2.45) is 0 Å². The van der Waals surface area contributed by atoms with Crippen LogP contribution in [0.3, 0.4) is 0 Å². The number of amides is 1. The minimum absolute atomic E-state index is 0.0220. The molecular weight excluding hydrogens is 276 g/mol. The third-order valence-corrected chi connectivity index (χ3v) is 3.35. The molecule has 0 aliphatic carbocycles. The molecule has 110 valence electrons. The first kappa shape index (κ1) is 14.8. The number of benzene rings is 1. The second kappa shape index (κ2) is 5.40. The van der Waals surface area contributed by atoms with Crippen molar-refractivity contribution in [3.05, 3.63) is 35.1 Å². The largest absolute Gasteiger partial charge is 0.416 e. The Hall–Kier alpha value is -1.63. The minimum atomic E-state index is -4.56. The molecule has 0 aromatic heterocycles. The zero-order chi connectivity index (χ0) is 14.9. The topological polar surface area (TPSA) is 32.3 Å². The fourth-order valence-electron chi connectivity index (χ4n) is 2.11. The SMILES string of the molecule is CN1CCC(NCc2ccc(C(F)(F)F)cc2F)C1=O. The zero-order valence-electron chi connectivity index (χ0n) is 10.8. The van der Waals surface area contributed by atoms with E-state index in [0.717, 1.165) is 12.1 Å². The molecule has 1 aliphatic heterocycles. The maximum absolute atomic E-state index is 13.6. The zero-order valence-corrected chi connectivity index (χ0v) is 10.8. The molecule has 1 aromatic rings. The molecule has 1 fully saturated rings. The molecule has 0 spiro atoms. The third kappa shape index (κ3) is 3.09. The van der Waals surface area contributed by atoms with Crippen molar-refractivity contribution >= 4 is 5.91 Å². The normalized spacial score (nSPS) is 19.8. The molecule has 0 bridgehead atoms. The Morgan fingerprint density at radius 2 is 2.10 bits per heavy atom. The van der Waals surface area contributed by atoms with Gasteiger partial charge in [0.25, 0.3) is 0 Å². The van der Waals surface area contributed by atoms with Gasteiger partial charge in [0, 0.05) is 25.7 Å². The average molecular weight is 290 g/mol. The molecule has 1 heterocycles. The molecule has 3 nitrogen and oxygen atoms in total. The Labute approximate surface area is 113 Å². The molecule has 1 aromatic carbocycles. The van der Waals surface area contributed by atoms with Crippen LogP contribution in [0.25, 0.3) is 0 Å². The number of hydrogen-bond donors (Lipinski definition) is 1. The van der Waals surface area contributed by atoms with Crippen LogP contribution >= 0.6 is 0 Å². The first-order valence-corrected chi connectivity index (χ1v) is 6.13. The average Bonchev–Trinajstić information content (AvgIpc) is 2.67. The highest BCUT2D eigenvalue weighted by atomic mass is 19.4. The fraction of sp³-hybridized carbons (Fsp3) is 0.462. The van der Waals surface area contributed by atoms with E-state index in [0.29, 0.717) is 19.0 Å². The number of hydrogen-bond acceptors (Lipinski definition) is 2. The van der Waals surface area contributed by atoms with Crippen LogP contribution in [-0.2, 0) is 17.5 Å². The van der Waals surface area contributed by atoms with E-state index >= 15 is 0 Å². The summed E-state index contributed by atoms with van der Waals surface area (Å²) in [6.07, 6.45) is -3.95. The predicted molar refractivity (Wildman–Crippen MR) is 64.3 cm³/mol. The van der Waals surface area contributed by atoms with Crippen LogP contribution in [0.15, 0.2) is 18.2 Å². The predicted octanol–water partition coefficient (Wildman–Crippen LogP) is 2.16. The summed E-state index contributed by atoms with van der Waals surface area (Å²) in [4.78, 5) is 13.2. The Balaban J connectivity index is 2.02. The number of rotatable bonds is 3. The molecule has 1 atom stereocenters. The lowest BCUT2D eigenvalue weighted by molar-refractivity contribution is -0.137. The van der Waals surface area contributed by atoms with Gasteiger partial charge in [-0.25, -0.2) is 4.39 Å². The molecule has 1 N–H and O–H groups in total. The van der Waals surface area contributed by atoms with Gasteiger partial charge in [-0.3, -0.25) is 4.79 Å². The van der Waals surface area contributed by atoms with E-state index < -0.39 is 23.6 Å². The van der Waals surface area contributed by atoms with Crippen molar-refractivity contribution in [3.8, 4) is 0 Å².